The minimum atomic E-state index is -1.19. The van der Waals surface area contributed by atoms with E-state index in [9.17, 15) is 14.4 Å². The average Bonchev–Trinajstić information content (AvgIpc) is 2.13. The van der Waals surface area contributed by atoms with E-state index in [1.807, 2.05) is 0 Å². The molecule has 0 aromatic carbocycles. The standard InChI is InChI=1S/C10H14O6/c1-5(4-8(11)12)16-10(15)7(3)6(2)9(13)14/h5-6H,3-4H2,1-2H3,(H,11,12)(H,13,14). The van der Waals surface area contributed by atoms with E-state index in [0.717, 1.165) is 0 Å². The number of rotatable bonds is 6. The van der Waals surface area contributed by atoms with Crippen LogP contribution in [-0.4, -0.2) is 34.2 Å². The molecule has 0 aliphatic carbocycles. The first-order valence-corrected chi connectivity index (χ1v) is 4.60. The lowest BCUT2D eigenvalue weighted by molar-refractivity contribution is -0.151. The number of ether oxygens (including phenoxy) is 1. The monoisotopic (exact) mass is 230 g/mol. The number of carbonyl (C=O) groups excluding carboxylic acids is 1. The molecule has 90 valence electrons. The zero-order valence-electron chi connectivity index (χ0n) is 9.10. The lowest BCUT2D eigenvalue weighted by atomic mass is 10.0. The molecule has 6 nitrogen and oxygen atoms in total. The fraction of sp³-hybridized carbons (Fsp3) is 0.500. The summed E-state index contributed by atoms with van der Waals surface area (Å²) in [6.07, 6.45) is -1.15. The first-order valence-electron chi connectivity index (χ1n) is 4.60. The minimum Gasteiger partial charge on any atom is -0.481 e. The maximum atomic E-state index is 11.3. The van der Waals surface area contributed by atoms with Gasteiger partial charge >= 0.3 is 17.9 Å². The second kappa shape index (κ2) is 5.89. The van der Waals surface area contributed by atoms with Crippen molar-refractivity contribution in [1.82, 2.24) is 0 Å². The van der Waals surface area contributed by atoms with Crippen LogP contribution >= 0.6 is 0 Å². The van der Waals surface area contributed by atoms with Crippen LogP contribution in [0.4, 0.5) is 0 Å². The van der Waals surface area contributed by atoms with Gasteiger partial charge in [-0.15, -0.1) is 0 Å². The summed E-state index contributed by atoms with van der Waals surface area (Å²) in [7, 11) is 0. The first kappa shape index (κ1) is 14.2. The largest absolute Gasteiger partial charge is 0.481 e. The van der Waals surface area contributed by atoms with Crippen LogP contribution in [0.25, 0.3) is 0 Å². The molecular weight excluding hydrogens is 216 g/mol. The SMILES string of the molecule is C=C(C(=O)OC(C)CC(=O)O)C(C)C(=O)O. The van der Waals surface area contributed by atoms with Gasteiger partial charge in [-0.05, 0) is 13.8 Å². The molecule has 0 radical (unpaired) electrons. The summed E-state index contributed by atoms with van der Waals surface area (Å²) in [6, 6.07) is 0. The van der Waals surface area contributed by atoms with Gasteiger partial charge in [-0.3, -0.25) is 9.59 Å². The van der Waals surface area contributed by atoms with Gasteiger partial charge in [-0.25, -0.2) is 4.79 Å². The van der Waals surface area contributed by atoms with E-state index in [0.29, 0.717) is 0 Å². The van der Waals surface area contributed by atoms with Gasteiger partial charge in [-0.1, -0.05) is 6.58 Å². The van der Waals surface area contributed by atoms with Gasteiger partial charge in [0.15, 0.2) is 0 Å². The zero-order chi connectivity index (χ0) is 12.9. The maximum absolute atomic E-state index is 11.3. The Labute approximate surface area is 92.5 Å². The van der Waals surface area contributed by atoms with E-state index in [4.69, 9.17) is 14.9 Å². The molecule has 0 amide bonds. The fourth-order valence-electron chi connectivity index (χ4n) is 0.872. The molecule has 0 rings (SSSR count). The number of aliphatic carboxylic acids is 2. The van der Waals surface area contributed by atoms with Crippen LogP contribution in [0, 0.1) is 5.92 Å². The quantitative estimate of drug-likeness (QED) is 0.513. The summed E-state index contributed by atoms with van der Waals surface area (Å²) in [5, 5.41) is 17.0. The summed E-state index contributed by atoms with van der Waals surface area (Å²) in [5.74, 6) is -4.22. The fourth-order valence-corrected chi connectivity index (χ4v) is 0.872. The van der Waals surface area contributed by atoms with Gasteiger partial charge in [0, 0.05) is 5.57 Å². The number of carboxylic acid groups (broad SMARTS) is 2. The molecule has 2 atom stereocenters. The average molecular weight is 230 g/mol. The van der Waals surface area contributed by atoms with Crippen molar-refractivity contribution in [3.63, 3.8) is 0 Å². The van der Waals surface area contributed by atoms with Crippen LogP contribution in [0.5, 0.6) is 0 Å². The lowest BCUT2D eigenvalue weighted by Gasteiger charge is -2.14. The highest BCUT2D eigenvalue weighted by molar-refractivity contribution is 5.94. The summed E-state index contributed by atoms with van der Waals surface area (Å²) < 4.78 is 4.71. The van der Waals surface area contributed by atoms with Gasteiger partial charge in [0.1, 0.15) is 6.10 Å². The maximum Gasteiger partial charge on any atom is 0.334 e. The molecule has 0 heterocycles. The van der Waals surface area contributed by atoms with E-state index in [-0.39, 0.29) is 12.0 Å². The van der Waals surface area contributed by atoms with Crippen LogP contribution in [0.3, 0.4) is 0 Å². The third kappa shape index (κ3) is 4.59. The molecular formula is C10H14O6. The van der Waals surface area contributed by atoms with Crippen molar-refractivity contribution in [2.24, 2.45) is 5.92 Å². The minimum absolute atomic E-state index is 0.204. The molecule has 0 aromatic heterocycles. The highest BCUT2D eigenvalue weighted by Crippen LogP contribution is 2.12. The third-order valence-corrected chi connectivity index (χ3v) is 1.93. The van der Waals surface area contributed by atoms with E-state index >= 15 is 0 Å². The first-order chi connectivity index (χ1) is 7.25. The summed E-state index contributed by atoms with van der Waals surface area (Å²) >= 11 is 0. The van der Waals surface area contributed by atoms with Crippen LogP contribution in [-0.2, 0) is 19.1 Å². The normalized spacial score (nSPS) is 13.6. The smallest absolute Gasteiger partial charge is 0.334 e. The molecule has 0 bridgehead atoms. The predicted molar refractivity (Wildman–Crippen MR) is 53.7 cm³/mol. The zero-order valence-corrected chi connectivity index (χ0v) is 9.10. The van der Waals surface area contributed by atoms with Gasteiger partial charge in [-0.2, -0.15) is 0 Å². The Morgan fingerprint density at radius 2 is 1.75 bits per heavy atom. The van der Waals surface area contributed by atoms with Gasteiger partial charge in [0.25, 0.3) is 0 Å². The molecule has 0 saturated heterocycles. The van der Waals surface area contributed by atoms with Gasteiger partial charge in [0.05, 0.1) is 12.3 Å². The second-order valence-corrected chi connectivity index (χ2v) is 3.40. The Balaban J connectivity index is 4.31. The molecule has 6 heteroatoms. The third-order valence-electron chi connectivity index (χ3n) is 1.93. The number of hydrogen-bond acceptors (Lipinski definition) is 4. The van der Waals surface area contributed by atoms with Gasteiger partial charge < -0.3 is 14.9 Å². The second-order valence-electron chi connectivity index (χ2n) is 3.40. The molecule has 0 aliphatic rings. The van der Waals surface area contributed by atoms with E-state index in [2.05, 4.69) is 6.58 Å². The Morgan fingerprint density at radius 3 is 2.12 bits per heavy atom. The Kier molecular flexibility index (Phi) is 5.21. The van der Waals surface area contributed by atoms with E-state index in [1.54, 1.807) is 0 Å². The molecule has 16 heavy (non-hydrogen) atoms. The molecule has 0 spiro atoms. The topological polar surface area (TPSA) is 101 Å². The summed E-state index contributed by atoms with van der Waals surface area (Å²) in [6.45, 7) is 6.01. The van der Waals surface area contributed by atoms with Crippen molar-refractivity contribution < 1.29 is 29.3 Å². The number of esters is 1. The van der Waals surface area contributed by atoms with Crippen molar-refractivity contribution >= 4 is 17.9 Å². The molecule has 2 unspecified atom stereocenters. The number of carboxylic acids is 2. The molecule has 0 fully saturated rings. The Morgan fingerprint density at radius 1 is 1.25 bits per heavy atom. The van der Waals surface area contributed by atoms with Crippen molar-refractivity contribution in [3.05, 3.63) is 12.2 Å². The highest BCUT2D eigenvalue weighted by atomic mass is 16.5. The lowest BCUT2D eigenvalue weighted by Crippen LogP contribution is -2.24. The van der Waals surface area contributed by atoms with Crippen LogP contribution in [0.1, 0.15) is 20.3 Å². The van der Waals surface area contributed by atoms with Crippen LogP contribution in [0.15, 0.2) is 12.2 Å². The van der Waals surface area contributed by atoms with Gasteiger partial charge in [0.2, 0.25) is 0 Å². The van der Waals surface area contributed by atoms with Crippen LogP contribution < -0.4 is 0 Å². The van der Waals surface area contributed by atoms with Crippen molar-refractivity contribution in [2.75, 3.05) is 0 Å². The van der Waals surface area contributed by atoms with Crippen LogP contribution in [0.2, 0.25) is 0 Å². The van der Waals surface area contributed by atoms with E-state index in [1.165, 1.54) is 13.8 Å². The number of hydrogen-bond donors (Lipinski definition) is 2. The Bertz CT molecular complexity index is 319. The summed E-state index contributed by atoms with van der Waals surface area (Å²) in [4.78, 5) is 32.1. The van der Waals surface area contributed by atoms with Crippen molar-refractivity contribution in [3.8, 4) is 0 Å². The van der Waals surface area contributed by atoms with Crippen molar-refractivity contribution in [1.29, 1.82) is 0 Å². The van der Waals surface area contributed by atoms with Crippen molar-refractivity contribution in [2.45, 2.75) is 26.4 Å². The van der Waals surface area contributed by atoms with E-state index < -0.39 is 29.9 Å². The molecule has 0 saturated carbocycles. The highest BCUT2D eigenvalue weighted by Gasteiger charge is 2.24. The Hall–Kier alpha value is -1.85. The molecule has 0 aliphatic heterocycles. The number of carbonyl (C=O) groups is 3. The predicted octanol–water partition coefficient (Wildman–Crippen LogP) is 0.670. The summed E-state index contributed by atoms with van der Waals surface area (Å²) in [5.41, 5.74) is -0.204. The molecule has 2 N–H and O–H groups in total. The molecule has 0 aromatic rings.